The van der Waals surface area contributed by atoms with Crippen molar-refractivity contribution < 1.29 is 5.11 Å². The Labute approximate surface area is 72.4 Å². The van der Waals surface area contributed by atoms with Crippen molar-refractivity contribution in [3.63, 3.8) is 0 Å². The summed E-state index contributed by atoms with van der Waals surface area (Å²) in [5.41, 5.74) is 6.90. The first-order chi connectivity index (χ1) is 4.75. The molecule has 4 heteroatoms. The number of halogens is 1. The highest BCUT2D eigenvalue weighted by molar-refractivity contribution is 14.1. The van der Waals surface area contributed by atoms with Gasteiger partial charge in [0.1, 0.15) is 0 Å². The maximum Gasteiger partial charge on any atom is 0.0717 e. The predicted molar refractivity (Wildman–Crippen MR) is 47.3 cm³/mol. The zero-order valence-electron chi connectivity index (χ0n) is 5.21. The van der Waals surface area contributed by atoms with E-state index < -0.39 is 0 Å². The molecular formula is C6H7IN2O. The highest BCUT2D eigenvalue weighted by atomic mass is 127. The van der Waals surface area contributed by atoms with Gasteiger partial charge in [-0.15, -0.1) is 0 Å². The Balaban J connectivity index is 3.14. The van der Waals surface area contributed by atoms with Crippen molar-refractivity contribution in [1.82, 2.24) is 4.98 Å². The summed E-state index contributed by atoms with van der Waals surface area (Å²) in [6.07, 6.45) is 3.23. The molecule has 0 bridgehead atoms. The Morgan fingerprint density at radius 1 is 1.60 bits per heavy atom. The van der Waals surface area contributed by atoms with Crippen LogP contribution in [0.4, 0.5) is 5.69 Å². The second kappa shape index (κ2) is 3.16. The minimum Gasteiger partial charge on any atom is -0.397 e. The smallest absolute Gasteiger partial charge is 0.0717 e. The molecule has 0 fully saturated rings. The lowest BCUT2D eigenvalue weighted by molar-refractivity contribution is 0.282. The molecule has 10 heavy (non-hydrogen) atoms. The predicted octanol–water partition coefficient (Wildman–Crippen LogP) is 0.761. The van der Waals surface area contributed by atoms with Crippen molar-refractivity contribution in [2.24, 2.45) is 0 Å². The number of aromatic nitrogens is 1. The van der Waals surface area contributed by atoms with Gasteiger partial charge in [0.25, 0.3) is 0 Å². The van der Waals surface area contributed by atoms with Crippen molar-refractivity contribution >= 4 is 28.3 Å². The molecular weight excluding hydrogens is 243 g/mol. The molecule has 0 amide bonds. The van der Waals surface area contributed by atoms with Crippen LogP contribution in [0.1, 0.15) is 5.56 Å². The van der Waals surface area contributed by atoms with Gasteiger partial charge in [-0.1, -0.05) is 0 Å². The molecule has 1 rings (SSSR count). The van der Waals surface area contributed by atoms with Crippen LogP contribution in [0.25, 0.3) is 0 Å². The summed E-state index contributed by atoms with van der Waals surface area (Å²) in [4.78, 5) is 3.87. The zero-order valence-corrected chi connectivity index (χ0v) is 7.37. The van der Waals surface area contributed by atoms with E-state index in [4.69, 9.17) is 10.8 Å². The number of aliphatic hydroxyl groups excluding tert-OH is 1. The maximum absolute atomic E-state index is 8.72. The van der Waals surface area contributed by atoms with Crippen LogP contribution in [0.15, 0.2) is 12.4 Å². The zero-order chi connectivity index (χ0) is 7.56. The van der Waals surface area contributed by atoms with Gasteiger partial charge >= 0.3 is 0 Å². The molecule has 1 aromatic rings. The van der Waals surface area contributed by atoms with E-state index in [9.17, 15) is 0 Å². The number of rotatable bonds is 1. The highest BCUT2D eigenvalue weighted by Crippen LogP contribution is 2.16. The molecule has 0 aliphatic rings. The van der Waals surface area contributed by atoms with Crippen LogP contribution in [0.5, 0.6) is 0 Å². The number of nitrogens with zero attached hydrogens (tertiary/aromatic N) is 1. The second-order valence-corrected chi connectivity index (χ2v) is 3.01. The number of pyridine rings is 1. The van der Waals surface area contributed by atoms with Crippen molar-refractivity contribution in [3.05, 3.63) is 21.5 Å². The Hall–Kier alpha value is -0.360. The van der Waals surface area contributed by atoms with Gasteiger partial charge in [-0.2, -0.15) is 0 Å². The topological polar surface area (TPSA) is 59.1 Å². The lowest BCUT2D eigenvalue weighted by Gasteiger charge is -2.01. The van der Waals surface area contributed by atoms with Gasteiger partial charge in [-0.25, -0.2) is 0 Å². The number of hydrogen-bond donors (Lipinski definition) is 2. The van der Waals surface area contributed by atoms with Gasteiger partial charge < -0.3 is 10.8 Å². The third kappa shape index (κ3) is 1.38. The Bertz CT molecular complexity index is 239. The molecule has 1 aromatic heterocycles. The average Bonchev–Trinajstić information content (AvgIpc) is 1.95. The third-order valence-electron chi connectivity index (χ3n) is 1.19. The van der Waals surface area contributed by atoms with E-state index in [2.05, 4.69) is 27.6 Å². The average molecular weight is 250 g/mol. The molecule has 54 valence electrons. The van der Waals surface area contributed by atoms with E-state index in [0.717, 1.165) is 3.57 Å². The van der Waals surface area contributed by atoms with E-state index in [1.54, 1.807) is 12.4 Å². The molecule has 1 heterocycles. The summed E-state index contributed by atoms with van der Waals surface area (Å²) in [7, 11) is 0. The molecule has 3 N–H and O–H groups in total. The summed E-state index contributed by atoms with van der Waals surface area (Å²) >= 11 is 2.07. The molecule has 0 spiro atoms. The fourth-order valence-electron chi connectivity index (χ4n) is 0.611. The second-order valence-electron chi connectivity index (χ2n) is 1.85. The van der Waals surface area contributed by atoms with Crippen LogP contribution in [0, 0.1) is 3.57 Å². The fourth-order valence-corrected chi connectivity index (χ4v) is 1.12. The summed E-state index contributed by atoms with van der Waals surface area (Å²) in [6.45, 7) is -0.0460. The first-order valence-electron chi connectivity index (χ1n) is 2.74. The van der Waals surface area contributed by atoms with Gasteiger partial charge in [0.05, 0.1) is 15.9 Å². The molecule has 0 aliphatic carbocycles. The van der Waals surface area contributed by atoms with Crippen LogP contribution in [-0.4, -0.2) is 10.1 Å². The van der Waals surface area contributed by atoms with Crippen molar-refractivity contribution in [3.8, 4) is 0 Å². The van der Waals surface area contributed by atoms with E-state index in [-0.39, 0.29) is 6.61 Å². The molecule has 0 radical (unpaired) electrons. The Morgan fingerprint density at radius 3 is 2.80 bits per heavy atom. The first kappa shape index (κ1) is 7.74. The van der Waals surface area contributed by atoms with Crippen LogP contribution >= 0.6 is 22.6 Å². The molecule has 0 aromatic carbocycles. The Morgan fingerprint density at radius 2 is 2.30 bits per heavy atom. The van der Waals surface area contributed by atoms with Crippen molar-refractivity contribution in [2.45, 2.75) is 6.61 Å². The molecule has 0 saturated heterocycles. The van der Waals surface area contributed by atoms with Crippen molar-refractivity contribution in [1.29, 1.82) is 0 Å². The number of hydrogen-bond acceptors (Lipinski definition) is 3. The Kier molecular flexibility index (Phi) is 2.44. The molecule has 0 aliphatic heterocycles. The molecule has 0 unspecified atom stereocenters. The van der Waals surface area contributed by atoms with Gasteiger partial charge in [0.2, 0.25) is 0 Å². The van der Waals surface area contributed by atoms with E-state index in [0.29, 0.717) is 11.3 Å². The number of nitrogen functional groups attached to an aromatic ring is 1. The highest BCUT2D eigenvalue weighted by Gasteiger charge is 2.00. The molecule has 3 nitrogen and oxygen atoms in total. The summed E-state index contributed by atoms with van der Waals surface area (Å²) in [6, 6.07) is 0. The van der Waals surface area contributed by atoms with Crippen LogP contribution in [-0.2, 0) is 6.61 Å². The summed E-state index contributed by atoms with van der Waals surface area (Å²) in [5.74, 6) is 0. The number of aliphatic hydroxyl groups is 1. The lowest BCUT2D eigenvalue weighted by atomic mass is 10.2. The summed E-state index contributed by atoms with van der Waals surface area (Å²) < 4.78 is 0.879. The van der Waals surface area contributed by atoms with Gasteiger partial charge in [-0.3, -0.25) is 4.98 Å². The van der Waals surface area contributed by atoms with E-state index in [1.165, 1.54) is 0 Å². The minimum atomic E-state index is -0.0460. The minimum absolute atomic E-state index is 0.0460. The van der Waals surface area contributed by atoms with Gasteiger partial charge in [0.15, 0.2) is 0 Å². The standard InChI is InChI=1S/C6H7IN2O/c7-5-2-9-1-4(3-10)6(5)8/h1-2,10H,3H2,(H2,8,9). The van der Waals surface area contributed by atoms with Crippen LogP contribution < -0.4 is 5.73 Å². The van der Waals surface area contributed by atoms with E-state index in [1.807, 2.05) is 0 Å². The molecule has 0 saturated carbocycles. The first-order valence-corrected chi connectivity index (χ1v) is 3.82. The van der Waals surface area contributed by atoms with E-state index >= 15 is 0 Å². The maximum atomic E-state index is 8.72. The summed E-state index contributed by atoms with van der Waals surface area (Å²) in [5, 5.41) is 8.72. The largest absolute Gasteiger partial charge is 0.397 e. The lowest BCUT2D eigenvalue weighted by Crippen LogP contribution is -1.97. The van der Waals surface area contributed by atoms with Crippen molar-refractivity contribution in [2.75, 3.05) is 5.73 Å². The number of anilines is 1. The third-order valence-corrected chi connectivity index (χ3v) is 2.05. The quantitative estimate of drug-likeness (QED) is 0.723. The SMILES string of the molecule is Nc1c(I)cncc1CO. The normalized spacial score (nSPS) is 9.80. The van der Waals surface area contributed by atoms with Crippen LogP contribution in [0.3, 0.4) is 0 Å². The monoisotopic (exact) mass is 250 g/mol. The van der Waals surface area contributed by atoms with Gasteiger partial charge in [-0.05, 0) is 22.6 Å². The fraction of sp³-hybridized carbons (Fsp3) is 0.167. The van der Waals surface area contributed by atoms with Gasteiger partial charge in [0, 0.05) is 18.0 Å². The van der Waals surface area contributed by atoms with Crippen LogP contribution in [0.2, 0.25) is 0 Å². The molecule has 0 atom stereocenters. The number of nitrogens with two attached hydrogens (primary N) is 1.